The van der Waals surface area contributed by atoms with Gasteiger partial charge in [0, 0.05) is 51.7 Å². The third-order valence-corrected chi connectivity index (χ3v) is 5.50. The summed E-state index contributed by atoms with van der Waals surface area (Å²) in [6, 6.07) is 10.2. The number of carbonyl (C=O) groups is 1. The Morgan fingerprint density at radius 3 is 2.58 bits per heavy atom. The van der Waals surface area contributed by atoms with Gasteiger partial charge in [-0.3, -0.25) is 19.6 Å². The quantitative estimate of drug-likeness (QED) is 0.505. The highest BCUT2D eigenvalue weighted by Crippen LogP contribution is 2.12. The molecule has 2 aromatic heterocycles. The summed E-state index contributed by atoms with van der Waals surface area (Å²) in [5.41, 5.74) is 2.20. The number of ether oxygens (including phenoxy) is 1. The third kappa shape index (κ3) is 7.18. The van der Waals surface area contributed by atoms with Crippen LogP contribution in [0.25, 0.3) is 0 Å². The lowest BCUT2D eigenvalue weighted by molar-refractivity contribution is 0.0320. The summed E-state index contributed by atoms with van der Waals surface area (Å²) in [6.07, 6.45) is 4.75. The Kier molecular flexibility index (Phi) is 8.13. The fraction of sp³-hybridized carbons (Fsp3) is 0.375. The fourth-order valence-corrected chi connectivity index (χ4v) is 3.62. The highest BCUT2D eigenvalue weighted by atomic mass is 19.1. The molecule has 0 saturated carbocycles. The summed E-state index contributed by atoms with van der Waals surface area (Å²) in [5, 5.41) is 2.84. The van der Waals surface area contributed by atoms with Gasteiger partial charge in [-0.15, -0.1) is 0 Å². The van der Waals surface area contributed by atoms with Crippen molar-refractivity contribution in [1.29, 1.82) is 0 Å². The molecule has 9 heteroatoms. The number of benzene rings is 1. The molecule has 1 aliphatic heterocycles. The predicted molar refractivity (Wildman–Crippen MR) is 120 cm³/mol. The zero-order chi connectivity index (χ0) is 22.9. The second kappa shape index (κ2) is 11.6. The SMILES string of the molecule is O=C(NCc1ccncc1)c1coc(CN(CCN2CCOCC2)Cc2ccc(F)cc2)n1. The van der Waals surface area contributed by atoms with E-state index in [1.807, 2.05) is 12.1 Å². The van der Waals surface area contributed by atoms with Crippen LogP contribution in [0.1, 0.15) is 27.5 Å². The van der Waals surface area contributed by atoms with E-state index in [1.165, 1.54) is 18.4 Å². The molecule has 8 nitrogen and oxygen atoms in total. The number of carbonyl (C=O) groups excluding carboxylic acids is 1. The van der Waals surface area contributed by atoms with E-state index in [0.717, 1.165) is 50.5 Å². The molecule has 4 rings (SSSR count). The van der Waals surface area contributed by atoms with Crippen LogP contribution in [0, 0.1) is 5.82 Å². The van der Waals surface area contributed by atoms with E-state index in [2.05, 4.69) is 25.1 Å². The van der Waals surface area contributed by atoms with Gasteiger partial charge >= 0.3 is 0 Å². The predicted octanol–water partition coefficient (Wildman–Crippen LogP) is 2.47. The second-order valence-electron chi connectivity index (χ2n) is 7.96. The number of hydrogen-bond acceptors (Lipinski definition) is 7. The van der Waals surface area contributed by atoms with E-state index >= 15 is 0 Å². The van der Waals surface area contributed by atoms with Crippen LogP contribution < -0.4 is 5.32 Å². The van der Waals surface area contributed by atoms with Crippen molar-refractivity contribution in [2.24, 2.45) is 0 Å². The molecule has 3 heterocycles. The van der Waals surface area contributed by atoms with Gasteiger partial charge in [0.15, 0.2) is 5.69 Å². The standard InChI is InChI=1S/C24H28FN5O3/c25-21-3-1-20(2-4-21)16-30(10-9-29-11-13-32-14-12-29)17-23-28-22(18-33-23)24(31)27-15-19-5-7-26-8-6-19/h1-8,18H,9-17H2,(H,27,31). The molecule has 174 valence electrons. The molecule has 33 heavy (non-hydrogen) atoms. The van der Waals surface area contributed by atoms with Gasteiger partial charge in [0.1, 0.15) is 12.1 Å². The van der Waals surface area contributed by atoms with Crippen LogP contribution in [-0.2, 0) is 24.4 Å². The maximum atomic E-state index is 13.3. The molecule has 1 amide bonds. The number of morpholine rings is 1. The van der Waals surface area contributed by atoms with Crippen LogP contribution in [0.15, 0.2) is 59.5 Å². The van der Waals surface area contributed by atoms with Crippen molar-refractivity contribution in [3.8, 4) is 0 Å². The molecule has 0 spiro atoms. The number of aromatic nitrogens is 2. The Morgan fingerprint density at radius 2 is 1.82 bits per heavy atom. The highest BCUT2D eigenvalue weighted by molar-refractivity contribution is 5.91. The lowest BCUT2D eigenvalue weighted by Gasteiger charge is -2.29. The molecular formula is C24H28FN5O3. The monoisotopic (exact) mass is 453 g/mol. The van der Waals surface area contributed by atoms with Crippen LogP contribution in [0.5, 0.6) is 0 Å². The molecule has 3 aromatic rings. The molecule has 1 aliphatic rings. The maximum absolute atomic E-state index is 13.3. The molecule has 1 N–H and O–H groups in total. The van der Waals surface area contributed by atoms with E-state index in [-0.39, 0.29) is 17.4 Å². The maximum Gasteiger partial charge on any atom is 0.273 e. The van der Waals surface area contributed by atoms with E-state index in [0.29, 0.717) is 25.5 Å². The first-order valence-corrected chi connectivity index (χ1v) is 11.0. The smallest absolute Gasteiger partial charge is 0.273 e. The summed E-state index contributed by atoms with van der Waals surface area (Å²) in [5.74, 6) is -0.0814. The van der Waals surface area contributed by atoms with Gasteiger partial charge in [-0.05, 0) is 35.4 Å². The number of halogens is 1. The van der Waals surface area contributed by atoms with Gasteiger partial charge in [-0.2, -0.15) is 0 Å². The molecule has 0 radical (unpaired) electrons. The largest absolute Gasteiger partial charge is 0.447 e. The van der Waals surface area contributed by atoms with Gasteiger partial charge < -0.3 is 14.5 Å². The van der Waals surface area contributed by atoms with Gasteiger partial charge in [0.25, 0.3) is 5.91 Å². The van der Waals surface area contributed by atoms with Crippen molar-refractivity contribution in [3.05, 3.63) is 83.6 Å². The number of amides is 1. The topological polar surface area (TPSA) is 83.7 Å². The van der Waals surface area contributed by atoms with Gasteiger partial charge in [0.05, 0.1) is 19.8 Å². The Morgan fingerprint density at radius 1 is 1.06 bits per heavy atom. The lowest BCUT2D eigenvalue weighted by Crippen LogP contribution is -2.41. The van der Waals surface area contributed by atoms with Crippen molar-refractivity contribution in [2.75, 3.05) is 39.4 Å². The summed E-state index contributed by atoms with van der Waals surface area (Å²) in [4.78, 5) is 25.4. The highest BCUT2D eigenvalue weighted by Gasteiger charge is 2.17. The number of nitrogens with one attached hydrogen (secondary N) is 1. The van der Waals surface area contributed by atoms with Gasteiger partial charge in [0.2, 0.25) is 5.89 Å². The summed E-state index contributed by atoms with van der Waals surface area (Å²) in [6.45, 7) is 6.42. The summed E-state index contributed by atoms with van der Waals surface area (Å²) in [7, 11) is 0. The molecule has 0 bridgehead atoms. The molecule has 1 fully saturated rings. The van der Waals surface area contributed by atoms with Crippen molar-refractivity contribution >= 4 is 5.91 Å². The number of nitrogens with zero attached hydrogens (tertiary/aromatic N) is 4. The van der Waals surface area contributed by atoms with E-state index in [1.54, 1.807) is 24.5 Å². The minimum absolute atomic E-state index is 0.244. The second-order valence-corrected chi connectivity index (χ2v) is 7.96. The fourth-order valence-electron chi connectivity index (χ4n) is 3.62. The van der Waals surface area contributed by atoms with Crippen LogP contribution in [-0.4, -0.2) is 65.1 Å². The van der Waals surface area contributed by atoms with Crippen molar-refractivity contribution < 1.29 is 18.3 Å². The van der Waals surface area contributed by atoms with E-state index in [4.69, 9.17) is 9.15 Å². The number of hydrogen-bond donors (Lipinski definition) is 1. The Balaban J connectivity index is 1.36. The van der Waals surface area contributed by atoms with E-state index < -0.39 is 0 Å². The first-order valence-electron chi connectivity index (χ1n) is 11.0. The number of oxazole rings is 1. The molecular weight excluding hydrogens is 425 g/mol. The van der Waals surface area contributed by atoms with Crippen molar-refractivity contribution in [2.45, 2.75) is 19.6 Å². The zero-order valence-electron chi connectivity index (χ0n) is 18.5. The average molecular weight is 454 g/mol. The van der Waals surface area contributed by atoms with Gasteiger partial charge in [-0.1, -0.05) is 12.1 Å². The first-order chi connectivity index (χ1) is 16.2. The Hall–Kier alpha value is -3.14. The Bertz CT molecular complexity index is 1010. The summed E-state index contributed by atoms with van der Waals surface area (Å²) < 4.78 is 24.3. The molecule has 0 unspecified atom stereocenters. The minimum Gasteiger partial charge on any atom is -0.447 e. The lowest BCUT2D eigenvalue weighted by atomic mass is 10.2. The average Bonchev–Trinajstić information content (AvgIpc) is 3.32. The van der Waals surface area contributed by atoms with Gasteiger partial charge in [-0.25, -0.2) is 9.37 Å². The third-order valence-electron chi connectivity index (χ3n) is 5.50. The van der Waals surface area contributed by atoms with E-state index in [9.17, 15) is 9.18 Å². The number of rotatable bonds is 10. The number of pyridine rings is 1. The summed E-state index contributed by atoms with van der Waals surface area (Å²) >= 11 is 0. The van der Waals surface area contributed by atoms with Crippen molar-refractivity contribution in [3.63, 3.8) is 0 Å². The first kappa shape index (κ1) is 23.0. The van der Waals surface area contributed by atoms with Crippen LogP contribution >= 0.6 is 0 Å². The molecule has 0 atom stereocenters. The molecule has 1 aromatic carbocycles. The molecule has 1 saturated heterocycles. The zero-order valence-corrected chi connectivity index (χ0v) is 18.5. The Labute approximate surface area is 192 Å². The van der Waals surface area contributed by atoms with Crippen LogP contribution in [0.4, 0.5) is 4.39 Å². The normalized spacial score (nSPS) is 14.5. The molecule has 0 aliphatic carbocycles. The van der Waals surface area contributed by atoms with Crippen molar-refractivity contribution in [1.82, 2.24) is 25.1 Å². The minimum atomic E-state index is -0.291. The van der Waals surface area contributed by atoms with Crippen LogP contribution in [0.3, 0.4) is 0 Å². The van der Waals surface area contributed by atoms with Crippen LogP contribution in [0.2, 0.25) is 0 Å².